The summed E-state index contributed by atoms with van der Waals surface area (Å²) in [5, 5.41) is 9.83. The fourth-order valence-corrected chi connectivity index (χ4v) is 1.54. The summed E-state index contributed by atoms with van der Waals surface area (Å²) in [4.78, 5) is 11.1. The van der Waals surface area contributed by atoms with E-state index in [1.165, 1.54) is 13.8 Å². The van der Waals surface area contributed by atoms with E-state index >= 15 is 0 Å². The maximum Gasteiger partial charge on any atom is 0.165 e. The van der Waals surface area contributed by atoms with Crippen LogP contribution in [0.3, 0.4) is 0 Å². The van der Waals surface area contributed by atoms with Crippen LogP contribution in [0.15, 0.2) is 24.3 Å². The highest BCUT2D eigenvalue weighted by Crippen LogP contribution is 2.22. The summed E-state index contributed by atoms with van der Waals surface area (Å²) in [5.41, 5.74) is -0.715. The number of benzene rings is 1. The molecule has 1 N–H and O–H groups in total. The maximum atomic E-state index is 11.1. The molecular formula is C10H11IO2. The standard InChI is InChI=1S/C10H11IO2/c1-7(12)10(2,13)8-4-3-5-9(11)6-8/h3-6,13H,1-2H3. The Morgan fingerprint density at radius 3 is 2.62 bits per heavy atom. The lowest BCUT2D eigenvalue weighted by Crippen LogP contribution is -2.29. The van der Waals surface area contributed by atoms with E-state index < -0.39 is 5.60 Å². The van der Waals surface area contributed by atoms with E-state index in [2.05, 4.69) is 22.6 Å². The first-order chi connectivity index (χ1) is 5.94. The first kappa shape index (κ1) is 10.7. The number of hydrogen-bond donors (Lipinski definition) is 1. The highest BCUT2D eigenvalue weighted by atomic mass is 127. The van der Waals surface area contributed by atoms with Gasteiger partial charge in [0.25, 0.3) is 0 Å². The maximum absolute atomic E-state index is 11.1. The van der Waals surface area contributed by atoms with Gasteiger partial charge in [0.05, 0.1) is 0 Å². The molecule has 13 heavy (non-hydrogen) atoms. The number of ketones is 1. The second-order valence-electron chi connectivity index (χ2n) is 3.14. The molecule has 0 amide bonds. The molecule has 1 unspecified atom stereocenters. The molecule has 0 heterocycles. The van der Waals surface area contributed by atoms with Crippen molar-refractivity contribution >= 4 is 28.4 Å². The van der Waals surface area contributed by atoms with Crippen LogP contribution in [-0.4, -0.2) is 10.9 Å². The van der Waals surface area contributed by atoms with Gasteiger partial charge in [-0.15, -0.1) is 0 Å². The number of carbonyl (C=O) groups is 1. The zero-order chi connectivity index (χ0) is 10.1. The van der Waals surface area contributed by atoms with Crippen LogP contribution in [0.25, 0.3) is 0 Å². The smallest absolute Gasteiger partial charge is 0.165 e. The molecule has 0 spiro atoms. The van der Waals surface area contributed by atoms with Crippen molar-refractivity contribution in [1.82, 2.24) is 0 Å². The minimum atomic E-state index is -1.36. The van der Waals surface area contributed by atoms with Crippen LogP contribution in [-0.2, 0) is 10.4 Å². The lowest BCUT2D eigenvalue weighted by Gasteiger charge is -2.20. The van der Waals surface area contributed by atoms with Gasteiger partial charge in [-0.3, -0.25) is 4.79 Å². The third-order valence-corrected chi connectivity index (χ3v) is 2.74. The number of carbonyl (C=O) groups excluding carboxylic acids is 1. The topological polar surface area (TPSA) is 37.3 Å². The van der Waals surface area contributed by atoms with Crippen molar-refractivity contribution in [2.75, 3.05) is 0 Å². The van der Waals surface area contributed by atoms with Crippen LogP contribution in [0.2, 0.25) is 0 Å². The van der Waals surface area contributed by atoms with E-state index in [1.807, 2.05) is 18.2 Å². The van der Waals surface area contributed by atoms with Crippen molar-refractivity contribution < 1.29 is 9.90 Å². The molecule has 1 rings (SSSR count). The molecule has 1 aromatic rings. The Balaban J connectivity index is 3.14. The summed E-state index contributed by atoms with van der Waals surface area (Å²) in [6, 6.07) is 7.31. The second-order valence-corrected chi connectivity index (χ2v) is 4.38. The average molecular weight is 290 g/mol. The van der Waals surface area contributed by atoms with Gasteiger partial charge in [0.15, 0.2) is 5.78 Å². The minimum Gasteiger partial charge on any atom is -0.378 e. The first-order valence-electron chi connectivity index (χ1n) is 3.94. The van der Waals surface area contributed by atoms with Crippen LogP contribution in [0.5, 0.6) is 0 Å². The lowest BCUT2D eigenvalue weighted by atomic mass is 9.92. The Hall–Kier alpha value is -0.420. The summed E-state index contributed by atoms with van der Waals surface area (Å²) < 4.78 is 1.01. The second kappa shape index (κ2) is 3.75. The van der Waals surface area contributed by atoms with Crippen molar-refractivity contribution in [3.05, 3.63) is 33.4 Å². The van der Waals surface area contributed by atoms with Crippen molar-refractivity contribution in [3.8, 4) is 0 Å². The predicted octanol–water partition coefficient (Wildman–Crippen LogP) is 2.09. The zero-order valence-corrected chi connectivity index (χ0v) is 9.70. The highest BCUT2D eigenvalue weighted by Gasteiger charge is 2.28. The van der Waals surface area contributed by atoms with E-state index in [0.717, 1.165) is 3.57 Å². The fraction of sp³-hybridized carbons (Fsp3) is 0.300. The van der Waals surface area contributed by atoms with Crippen LogP contribution >= 0.6 is 22.6 Å². The molecule has 0 aliphatic carbocycles. The molecule has 0 aromatic heterocycles. The molecule has 0 aliphatic rings. The molecule has 0 saturated heterocycles. The SMILES string of the molecule is CC(=O)C(C)(O)c1cccc(I)c1. The first-order valence-corrected chi connectivity index (χ1v) is 5.02. The molecule has 0 aliphatic heterocycles. The molecule has 0 bridgehead atoms. The summed E-state index contributed by atoms with van der Waals surface area (Å²) in [7, 11) is 0. The van der Waals surface area contributed by atoms with Crippen LogP contribution in [0.1, 0.15) is 19.4 Å². The Bertz CT molecular complexity index is 331. The number of hydrogen-bond acceptors (Lipinski definition) is 2. The molecule has 1 aromatic carbocycles. The Kier molecular flexibility index (Phi) is 3.08. The van der Waals surface area contributed by atoms with Gasteiger partial charge in [-0.25, -0.2) is 0 Å². The summed E-state index contributed by atoms with van der Waals surface area (Å²) in [6.45, 7) is 2.90. The van der Waals surface area contributed by atoms with Crippen LogP contribution in [0.4, 0.5) is 0 Å². The highest BCUT2D eigenvalue weighted by molar-refractivity contribution is 14.1. The van der Waals surface area contributed by atoms with Gasteiger partial charge in [-0.1, -0.05) is 12.1 Å². The molecule has 0 fully saturated rings. The van der Waals surface area contributed by atoms with E-state index in [0.29, 0.717) is 5.56 Å². The molecule has 3 heteroatoms. The third kappa shape index (κ3) is 2.28. The quantitative estimate of drug-likeness (QED) is 0.847. The summed E-state index contributed by atoms with van der Waals surface area (Å²) in [5.74, 6) is -0.241. The minimum absolute atomic E-state index is 0.241. The molecule has 1 atom stereocenters. The largest absolute Gasteiger partial charge is 0.378 e. The Morgan fingerprint density at radius 1 is 1.54 bits per heavy atom. The van der Waals surface area contributed by atoms with Crippen molar-refractivity contribution in [1.29, 1.82) is 0 Å². The van der Waals surface area contributed by atoms with Crippen molar-refractivity contribution in [2.45, 2.75) is 19.4 Å². The summed E-state index contributed by atoms with van der Waals surface area (Å²) >= 11 is 2.15. The van der Waals surface area contributed by atoms with Gasteiger partial charge < -0.3 is 5.11 Å². The van der Waals surface area contributed by atoms with Crippen LogP contribution < -0.4 is 0 Å². The van der Waals surface area contributed by atoms with Gasteiger partial charge in [0.2, 0.25) is 0 Å². The molecular weight excluding hydrogens is 279 g/mol. The van der Waals surface area contributed by atoms with Gasteiger partial charge in [-0.2, -0.15) is 0 Å². The molecule has 0 radical (unpaired) electrons. The number of Topliss-reactive ketones (excluding diaryl/α,β-unsaturated/α-hetero) is 1. The molecule has 70 valence electrons. The molecule has 0 saturated carbocycles. The average Bonchev–Trinajstić information content (AvgIpc) is 2.04. The zero-order valence-electron chi connectivity index (χ0n) is 7.54. The number of halogens is 1. The van der Waals surface area contributed by atoms with Gasteiger partial charge >= 0.3 is 0 Å². The van der Waals surface area contributed by atoms with Crippen molar-refractivity contribution in [3.63, 3.8) is 0 Å². The van der Waals surface area contributed by atoms with Crippen molar-refractivity contribution in [2.24, 2.45) is 0 Å². The Morgan fingerprint density at radius 2 is 2.15 bits per heavy atom. The lowest BCUT2D eigenvalue weighted by molar-refractivity contribution is -0.134. The Labute approximate surface area is 91.1 Å². The van der Waals surface area contributed by atoms with E-state index in [1.54, 1.807) is 6.07 Å². The number of aliphatic hydroxyl groups is 1. The van der Waals surface area contributed by atoms with E-state index in [-0.39, 0.29) is 5.78 Å². The normalized spacial score (nSPS) is 15.1. The van der Waals surface area contributed by atoms with E-state index in [9.17, 15) is 9.90 Å². The molecule has 2 nitrogen and oxygen atoms in total. The van der Waals surface area contributed by atoms with Gasteiger partial charge in [0, 0.05) is 3.57 Å². The van der Waals surface area contributed by atoms with Gasteiger partial charge in [-0.05, 0) is 54.1 Å². The third-order valence-electron chi connectivity index (χ3n) is 2.07. The van der Waals surface area contributed by atoms with Crippen LogP contribution in [0, 0.1) is 3.57 Å². The fourth-order valence-electron chi connectivity index (χ4n) is 0.995. The summed E-state index contributed by atoms with van der Waals surface area (Å²) in [6.07, 6.45) is 0. The predicted molar refractivity (Wildman–Crippen MR) is 59.4 cm³/mol. The van der Waals surface area contributed by atoms with Gasteiger partial charge in [0.1, 0.15) is 5.60 Å². The monoisotopic (exact) mass is 290 g/mol. The number of rotatable bonds is 2. The van der Waals surface area contributed by atoms with E-state index in [4.69, 9.17) is 0 Å².